The number of fused-ring (bicyclic) bond motifs is 4. The Morgan fingerprint density at radius 3 is 2.34 bits per heavy atom. The minimum atomic E-state index is -0.381. The smallest absolute Gasteiger partial charge is 0.0880 e. The van der Waals surface area contributed by atoms with Crippen LogP contribution < -0.4 is 5.32 Å². The van der Waals surface area contributed by atoms with Crippen molar-refractivity contribution in [2.75, 3.05) is 19.8 Å². The molecule has 2 saturated heterocycles. The van der Waals surface area contributed by atoms with Crippen molar-refractivity contribution >= 4 is 0 Å². The van der Waals surface area contributed by atoms with E-state index < -0.39 is 0 Å². The maximum atomic E-state index is 12.2. The number of hydrogen-bond acceptors (Lipinski definition) is 5. The minimum Gasteiger partial charge on any atom is -0.393 e. The lowest BCUT2D eigenvalue weighted by atomic mass is 9.41. The lowest BCUT2D eigenvalue weighted by molar-refractivity contribution is -0.182. The zero-order chi connectivity index (χ0) is 24.6. The summed E-state index contributed by atoms with van der Waals surface area (Å²) in [6, 6.07) is 0.470. The van der Waals surface area contributed by atoms with Crippen molar-refractivity contribution in [3.63, 3.8) is 0 Å². The van der Waals surface area contributed by atoms with Gasteiger partial charge in [-0.05, 0) is 96.7 Å². The third-order valence-electron chi connectivity index (χ3n) is 14.1. The molecule has 12 unspecified atom stereocenters. The molecule has 35 heavy (non-hydrogen) atoms. The van der Waals surface area contributed by atoms with Gasteiger partial charge in [-0.1, -0.05) is 34.6 Å². The second-order valence-corrected chi connectivity index (χ2v) is 15.3. The van der Waals surface area contributed by atoms with Crippen LogP contribution in [0.4, 0.5) is 0 Å². The topological polar surface area (TPSA) is 71.0 Å². The molecule has 0 radical (unpaired) electrons. The molecule has 7 rings (SSSR count). The highest BCUT2D eigenvalue weighted by Crippen LogP contribution is 2.89. The van der Waals surface area contributed by atoms with E-state index in [-0.39, 0.29) is 40.7 Å². The molecule has 0 aromatic carbocycles. The van der Waals surface area contributed by atoms with E-state index in [1.54, 1.807) is 0 Å². The summed E-state index contributed by atoms with van der Waals surface area (Å²) in [6.45, 7) is 14.6. The van der Waals surface area contributed by atoms with Crippen molar-refractivity contribution in [1.82, 2.24) is 5.32 Å². The van der Waals surface area contributed by atoms with Crippen LogP contribution in [-0.4, -0.2) is 60.4 Å². The van der Waals surface area contributed by atoms with Crippen LogP contribution in [0.3, 0.4) is 0 Å². The first-order chi connectivity index (χ1) is 16.5. The molecule has 0 amide bonds. The number of rotatable bonds is 3. The molecule has 2 aliphatic heterocycles. The van der Waals surface area contributed by atoms with Crippen LogP contribution in [-0.2, 0) is 9.47 Å². The van der Waals surface area contributed by atoms with Crippen LogP contribution in [0.15, 0.2) is 0 Å². The first-order valence-corrected chi connectivity index (χ1v) is 14.8. The van der Waals surface area contributed by atoms with Gasteiger partial charge in [0.2, 0.25) is 0 Å². The Kier molecular flexibility index (Phi) is 4.95. The molecular weight excluding hydrogens is 438 g/mol. The largest absolute Gasteiger partial charge is 0.393 e. The molecule has 5 nitrogen and oxygen atoms in total. The summed E-state index contributed by atoms with van der Waals surface area (Å²) in [6.07, 6.45) is 9.17. The molecule has 198 valence electrons. The van der Waals surface area contributed by atoms with Gasteiger partial charge in [-0.2, -0.15) is 0 Å². The Bertz CT molecular complexity index is 890. The van der Waals surface area contributed by atoms with Crippen LogP contribution in [0.25, 0.3) is 0 Å². The predicted molar refractivity (Wildman–Crippen MR) is 135 cm³/mol. The Labute approximate surface area is 212 Å². The fraction of sp³-hybridized carbons (Fsp3) is 1.00. The lowest BCUT2D eigenvalue weighted by Crippen LogP contribution is -2.59. The molecule has 7 fully saturated rings. The fourth-order valence-corrected chi connectivity index (χ4v) is 12.2. The van der Waals surface area contributed by atoms with Crippen molar-refractivity contribution in [2.45, 2.75) is 116 Å². The third-order valence-corrected chi connectivity index (χ3v) is 14.1. The maximum absolute atomic E-state index is 12.2. The molecule has 3 N–H and O–H groups in total. The summed E-state index contributed by atoms with van der Waals surface area (Å²) in [4.78, 5) is 0. The van der Waals surface area contributed by atoms with Gasteiger partial charge < -0.3 is 25.0 Å². The van der Waals surface area contributed by atoms with E-state index in [2.05, 4.69) is 39.9 Å². The normalized spacial score (nSPS) is 60.4. The van der Waals surface area contributed by atoms with Crippen molar-refractivity contribution in [1.29, 1.82) is 0 Å². The number of aliphatic hydroxyl groups excluding tert-OH is 2. The molecule has 2 heterocycles. The molecule has 7 aliphatic rings. The van der Waals surface area contributed by atoms with Crippen molar-refractivity contribution in [2.24, 2.45) is 50.7 Å². The maximum Gasteiger partial charge on any atom is 0.0880 e. The second-order valence-electron chi connectivity index (χ2n) is 15.3. The van der Waals surface area contributed by atoms with Crippen molar-refractivity contribution in [3.8, 4) is 0 Å². The van der Waals surface area contributed by atoms with E-state index in [0.717, 1.165) is 32.6 Å². The first-order valence-electron chi connectivity index (χ1n) is 14.8. The van der Waals surface area contributed by atoms with E-state index in [9.17, 15) is 10.2 Å². The standard InChI is InChI=1S/C30H49NO4/c1-17-12-19(13-31-18-14-34-15-18)35-24-23(17)27(4)10-11-30-16-29(30)9-8-22(32)26(2,3)20(29)6-7-21(30)28(27,5)25(24)33/h17-25,31-33H,6-16H2,1-5H3. The molecule has 5 aliphatic carbocycles. The predicted octanol–water partition coefficient (Wildman–Crippen LogP) is 4.15. The van der Waals surface area contributed by atoms with Gasteiger partial charge in [-0.15, -0.1) is 0 Å². The first kappa shape index (κ1) is 23.9. The number of ether oxygens (including phenoxy) is 2. The SMILES string of the molecule is CC1CC(CNC2COC2)OC2C1C1(C)CCC34CC35CCC(O)C(C)(C)C5CCC4C1(C)C2O. The van der Waals surface area contributed by atoms with Gasteiger partial charge in [-0.25, -0.2) is 0 Å². The zero-order valence-electron chi connectivity index (χ0n) is 22.7. The molecule has 0 aromatic rings. The van der Waals surface area contributed by atoms with E-state index in [4.69, 9.17) is 9.47 Å². The Morgan fingerprint density at radius 1 is 0.914 bits per heavy atom. The third kappa shape index (κ3) is 2.69. The van der Waals surface area contributed by atoms with Gasteiger partial charge in [0.1, 0.15) is 0 Å². The highest BCUT2D eigenvalue weighted by Gasteiger charge is 2.84. The van der Waals surface area contributed by atoms with Gasteiger partial charge in [0.15, 0.2) is 0 Å². The summed E-state index contributed by atoms with van der Waals surface area (Å²) in [7, 11) is 0. The highest BCUT2D eigenvalue weighted by molar-refractivity contribution is 5.32. The van der Waals surface area contributed by atoms with Crippen LogP contribution in [0.1, 0.15) is 86.0 Å². The van der Waals surface area contributed by atoms with Crippen molar-refractivity contribution < 1.29 is 19.7 Å². The van der Waals surface area contributed by atoms with Crippen LogP contribution >= 0.6 is 0 Å². The van der Waals surface area contributed by atoms with E-state index >= 15 is 0 Å². The number of aliphatic hydroxyl groups is 2. The van der Waals surface area contributed by atoms with Crippen LogP contribution in [0.5, 0.6) is 0 Å². The minimum absolute atomic E-state index is 0.0139. The van der Waals surface area contributed by atoms with Gasteiger partial charge in [-0.3, -0.25) is 0 Å². The molecule has 5 saturated carbocycles. The van der Waals surface area contributed by atoms with Crippen LogP contribution in [0.2, 0.25) is 0 Å². The molecule has 0 bridgehead atoms. The molecule has 0 aromatic heterocycles. The number of nitrogens with one attached hydrogen (secondary N) is 1. The molecular formula is C30H49NO4. The van der Waals surface area contributed by atoms with Gasteiger partial charge in [0, 0.05) is 12.0 Å². The zero-order valence-corrected chi connectivity index (χ0v) is 22.7. The van der Waals surface area contributed by atoms with Gasteiger partial charge in [0.05, 0.1) is 43.7 Å². The Balaban J connectivity index is 1.19. The molecule has 2 spiro atoms. The van der Waals surface area contributed by atoms with E-state index in [1.165, 1.54) is 38.5 Å². The molecule has 5 heteroatoms. The Morgan fingerprint density at radius 2 is 1.63 bits per heavy atom. The quantitative estimate of drug-likeness (QED) is 0.558. The van der Waals surface area contributed by atoms with Crippen LogP contribution in [0, 0.1) is 50.7 Å². The van der Waals surface area contributed by atoms with Gasteiger partial charge in [0.25, 0.3) is 0 Å². The summed E-state index contributed by atoms with van der Waals surface area (Å²) in [5.41, 5.74) is 0.839. The van der Waals surface area contributed by atoms with E-state index in [0.29, 0.717) is 40.5 Å². The summed E-state index contributed by atoms with van der Waals surface area (Å²) < 4.78 is 12.2. The van der Waals surface area contributed by atoms with E-state index in [1.807, 2.05) is 0 Å². The summed E-state index contributed by atoms with van der Waals surface area (Å²) in [5, 5.41) is 26.8. The summed E-state index contributed by atoms with van der Waals surface area (Å²) >= 11 is 0. The second kappa shape index (κ2) is 7.25. The lowest BCUT2D eigenvalue weighted by Gasteiger charge is -2.63. The fourth-order valence-electron chi connectivity index (χ4n) is 12.2. The Hall–Kier alpha value is -0.200. The monoisotopic (exact) mass is 487 g/mol. The van der Waals surface area contributed by atoms with Gasteiger partial charge >= 0.3 is 0 Å². The average molecular weight is 488 g/mol. The average Bonchev–Trinajstić information content (AvgIpc) is 3.41. The summed E-state index contributed by atoms with van der Waals surface area (Å²) in [5.74, 6) is 2.23. The number of hydrogen-bond donors (Lipinski definition) is 3. The molecule has 12 atom stereocenters. The van der Waals surface area contributed by atoms with Crippen molar-refractivity contribution in [3.05, 3.63) is 0 Å². The highest BCUT2D eigenvalue weighted by atomic mass is 16.5.